The molecule has 0 radical (unpaired) electrons. The summed E-state index contributed by atoms with van der Waals surface area (Å²) in [7, 11) is 1.29. The van der Waals surface area contributed by atoms with Crippen molar-refractivity contribution >= 4 is 33.6 Å². The van der Waals surface area contributed by atoms with E-state index in [9.17, 15) is 14.4 Å². The van der Waals surface area contributed by atoms with Gasteiger partial charge in [0.1, 0.15) is 6.61 Å². The van der Waals surface area contributed by atoms with Crippen molar-refractivity contribution in [2.24, 2.45) is 0 Å². The van der Waals surface area contributed by atoms with Crippen LogP contribution in [0.1, 0.15) is 27.3 Å². The first-order valence-corrected chi connectivity index (χ1v) is 9.58. The third-order valence-corrected chi connectivity index (χ3v) is 5.07. The summed E-state index contributed by atoms with van der Waals surface area (Å²) in [6, 6.07) is 14.3. The number of benzene rings is 2. The number of fused-ring (bicyclic) bond motifs is 2. The smallest absolute Gasteiger partial charge is 0.340 e. The van der Waals surface area contributed by atoms with Crippen LogP contribution >= 0.6 is 0 Å². The molecule has 0 aliphatic carbocycles. The number of carbonyl (C=O) groups excluding carboxylic acids is 2. The molecular formula is C23H19N3O5. The molecule has 8 heteroatoms. The van der Waals surface area contributed by atoms with Crippen molar-refractivity contribution < 1.29 is 19.1 Å². The van der Waals surface area contributed by atoms with Gasteiger partial charge >= 0.3 is 11.9 Å². The molecule has 0 spiro atoms. The number of nitrogens with zero attached hydrogens (tertiary/aromatic N) is 2. The summed E-state index contributed by atoms with van der Waals surface area (Å²) in [5.41, 5.74) is 2.06. The Labute approximate surface area is 176 Å². The van der Waals surface area contributed by atoms with Gasteiger partial charge in [0.25, 0.3) is 5.56 Å². The van der Waals surface area contributed by atoms with E-state index in [2.05, 4.69) is 15.2 Å². The highest BCUT2D eigenvalue weighted by Gasteiger charge is 2.21. The number of nitrogens with one attached hydrogen (secondary N) is 1. The monoisotopic (exact) mass is 417 g/mol. The van der Waals surface area contributed by atoms with Crippen molar-refractivity contribution in [3.8, 4) is 0 Å². The summed E-state index contributed by atoms with van der Waals surface area (Å²) >= 11 is 0. The lowest BCUT2D eigenvalue weighted by Gasteiger charge is -2.13. The van der Waals surface area contributed by atoms with Crippen LogP contribution in [0.15, 0.2) is 53.3 Å². The molecule has 2 aromatic carbocycles. The molecule has 1 N–H and O–H groups in total. The molecule has 0 fully saturated rings. The maximum atomic E-state index is 12.5. The van der Waals surface area contributed by atoms with Crippen LogP contribution in [-0.4, -0.2) is 34.2 Å². The van der Waals surface area contributed by atoms with Crippen LogP contribution in [0.5, 0.6) is 0 Å². The highest BCUT2D eigenvalue weighted by molar-refractivity contribution is 5.98. The first kappa shape index (κ1) is 20.2. The number of esters is 2. The van der Waals surface area contributed by atoms with Crippen LogP contribution in [0.4, 0.5) is 0 Å². The molecule has 0 atom stereocenters. The lowest BCUT2D eigenvalue weighted by Crippen LogP contribution is -2.17. The number of hydrogen-bond acceptors (Lipinski definition) is 7. The summed E-state index contributed by atoms with van der Waals surface area (Å²) in [5.74, 6) is -1.11. The van der Waals surface area contributed by atoms with E-state index in [0.717, 1.165) is 5.39 Å². The first-order chi connectivity index (χ1) is 15.0. The van der Waals surface area contributed by atoms with Crippen LogP contribution in [0.3, 0.4) is 0 Å². The quantitative estimate of drug-likeness (QED) is 0.497. The molecule has 0 bridgehead atoms. The maximum Gasteiger partial charge on any atom is 0.340 e. The Bertz CT molecular complexity index is 1380. The van der Waals surface area contributed by atoms with Gasteiger partial charge in [0.05, 0.1) is 41.4 Å². The zero-order chi connectivity index (χ0) is 22.0. The number of aromatic amines is 1. The summed E-state index contributed by atoms with van der Waals surface area (Å²) in [4.78, 5) is 41.3. The van der Waals surface area contributed by atoms with Crippen LogP contribution < -0.4 is 5.56 Å². The van der Waals surface area contributed by atoms with Gasteiger partial charge in [0, 0.05) is 10.8 Å². The fraction of sp³-hybridized carbons (Fsp3) is 0.174. The Hall–Kier alpha value is -4.07. The van der Waals surface area contributed by atoms with Gasteiger partial charge in [-0.05, 0) is 24.6 Å². The minimum Gasteiger partial charge on any atom is -0.465 e. The molecule has 0 aliphatic rings. The SMILES string of the molecule is COC(=O)c1c(COC(=O)Cc2n[nH]c(=O)c3ccccc23)nc2ccccc2c1C. The Kier molecular flexibility index (Phi) is 5.44. The van der Waals surface area contributed by atoms with Gasteiger partial charge in [-0.1, -0.05) is 36.4 Å². The molecular weight excluding hydrogens is 398 g/mol. The molecule has 0 aliphatic heterocycles. The summed E-state index contributed by atoms with van der Waals surface area (Å²) in [5, 5.41) is 8.23. The average molecular weight is 417 g/mol. The number of methoxy groups -OCH3 is 1. The van der Waals surface area contributed by atoms with Gasteiger partial charge in [0.15, 0.2) is 0 Å². The number of aryl methyl sites for hydroxylation is 1. The zero-order valence-corrected chi connectivity index (χ0v) is 17.0. The van der Waals surface area contributed by atoms with Gasteiger partial charge in [-0.25, -0.2) is 14.9 Å². The highest BCUT2D eigenvalue weighted by Crippen LogP contribution is 2.24. The van der Waals surface area contributed by atoms with E-state index in [0.29, 0.717) is 33.2 Å². The Morgan fingerprint density at radius 1 is 0.968 bits per heavy atom. The largest absolute Gasteiger partial charge is 0.465 e. The van der Waals surface area contributed by atoms with E-state index in [1.807, 2.05) is 24.3 Å². The van der Waals surface area contributed by atoms with E-state index in [1.54, 1.807) is 31.2 Å². The molecule has 2 heterocycles. The van der Waals surface area contributed by atoms with Crippen LogP contribution in [0.25, 0.3) is 21.7 Å². The van der Waals surface area contributed by atoms with Crippen molar-refractivity contribution in [2.75, 3.05) is 7.11 Å². The van der Waals surface area contributed by atoms with Crippen molar-refractivity contribution in [1.82, 2.24) is 15.2 Å². The number of aromatic nitrogens is 3. The van der Waals surface area contributed by atoms with E-state index in [-0.39, 0.29) is 24.2 Å². The molecule has 4 aromatic rings. The minimum atomic E-state index is -0.562. The number of ether oxygens (including phenoxy) is 2. The van der Waals surface area contributed by atoms with Crippen molar-refractivity contribution in [1.29, 1.82) is 0 Å². The topological polar surface area (TPSA) is 111 Å². The molecule has 156 valence electrons. The summed E-state index contributed by atoms with van der Waals surface area (Å²) < 4.78 is 10.3. The molecule has 0 saturated heterocycles. The normalized spacial score (nSPS) is 10.9. The zero-order valence-electron chi connectivity index (χ0n) is 17.0. The maximum absolute atomic E-state index is 12.5. The van der Waals surface area contributed by atoms with Crippen LogP contribution in [-0.2, 0) is 27.3 Å². The van der Waals surface area contributed by atoms with E-state index in [4.69, 9.17) is 9.47 Å². The van der Waals surface area contributed by atoms with Crippen molar-refractivity contribution in [2.45, 2.75) is 20.0 Å². The number of pyridine rings is 1. The fourth-order valence-corrected chi connectivity index (χ4v) is 3.56. The van der Waals surface area contributed by atoms with Gasteiger partial charge < -0.3 is 9.47 Å². The Balaban J connectivity index is 1.61. The van der Waals surface area contributed by atoms with Gasteiger partial charge in [0.2, 0.25) is 0 Å². The van der Waals surface area contributed by atoms with Crippen molar-refractivity contribution in [3.63, 3.8) is 0 Å². The predicted molar refractivity (Wildman–Crippen MR) is 114 cm³/mol. The first-order valence-electron chi connectivity index (χ1n) is 9.58. The third-order valence-electron chi connectivity index (χ3n) is 5.07. The van der Waals surface area contributed by atoms with E-state index in [1.165, 1.54) is 7.11 Å². The highest BCUT2D eigenvalue weighted by atomic mass is 16.5. The van der Waals surface area contributed by atoms with Gasteiger partial charge in [-0.2, -0.15) is 5.10 Å². The number of rotatable bonds is 5. The average Bonchev–Trinajstić information content (AvgIpc) is 2.79. The van der Waals surface area contributed by atoms with Crippen LogP contribution in [0.2, 0.25) is 0 Å². The second-order valence-corrected chi connectivity index (χ2v) is 6.95. The third kappa shape index (κ3) is 3.87. The Morgan fingerprint density at radius 3 is 2.39 bits per heavy atom. The standard InChI is InChI=1S/C23H19N3O5/c1-13-14-7-5-6-10-17(14)24-19(21(13)23(29)30-2)12-31-20(27)11-18-15-8-3-4-9-16(15)22(28)26-25-18/h3-10H,11-12H2,1-2H3,(H,26,28). The number of hydrogen-bond donors (Lipinski definition) is 1. The molecule has 31 heavy (non-hydrogen) atoms. The van der Waals surface area contributed by atoms with E-state index >= 15 is 0 Å². The molecule has 0 saturated carbocycles. The van der Waals surface area contributed by atoms with Crippen molar-refractivity contribution in [3.05, 3.63) is 81.4 Å². The second-order valence-electron chi connectivity index (χ2n) is 6.95. The molecule has 4 rings (SSSR count). The minimum absolute atomic E-state index is 0.141. The summed E-state index contributed by atoms with van der Waals surface area (Å²) in [6.45, 7) is 1.61. The molecule has 8 nitrogen and oxygen atoms in total. The number of para-hydroxylation sites is 1. The number of H-pyrrole nitrogens is 1. The number of carbonyl (C=O) groups is 2. The lowest BCUT2D eigenvalue weighted by molar-refractivity contribution is -0.144. The molecule has 0 unspecified atom stereocenters. The lowest BCUT2D eigenvalue weighted by atomic mass is 10.0. The molecule has 0 amide bonds. The van der Waals surface area contributed by atoms with Gasteiger partial charge in [-0.15, -0.1) is 0 Å². The van der Waals surface area contributed by atoms with E-state index < -0.39 is 11.9 Å². The van der Waals surface area contributed by atoms with Gasteiger partial charge in [-0.3, -0.25) is 9.59 Å². The fourth-order valence-electron chi connectivity index (χ4n) is 3.56. The molecule has 2 aromatic heterocycles. The predicted octanol–water partition coefficient (Wildman–Crippen LogP) is 2.85. The Morgan fingerprint density at radius 2 is 1.65 bits per heavy atom. The second kappa shape index (κ2) is 8.35. The van der Waals surface area contributed by atoms with Crippen LogP contribution in [0, 0.1) is 6.92 Å². The summed E-state index contributed by atoms with van der Waals surface area (Å²) in [6.07, 6.45) is -0.141.